The van der Waals surface area contributed by atoms with E-state index in [1.54, 1.807) is 23.7 Å². The molecule has 0 aliphatic rings. The predicted octanol–water partition coefficient (Wildman–Crippen LogP) is 2.64. The normalized spacial score (nSPS) is 11.9. The molecule has 0 fully saturated rings. The summed E-state index contributed by atoms with van der Waals surface area (Å²) >= 11 is 0. The molecule has 1 aromatic heterocycles. The van der Waals surface area contributed by atoms with Crippen LogP contribution in [0, 0.1) is 6.92 Å². The fourth-order valence-corrected chi connectivity index (χ4v) is 2.75. The van der Waals surface area contributed by atoms with Gasteiger partial charge in [0.15, 0.2) is 5.82 Å². The standard InChI is InChI=1S/C21H25N5O4/c1-4-29-13-20-23-24-25-26(20)18-9-17(16-7-5-14(2)6-8-16)10-19(11-18)30-21(28)22-15(3)12-27/h5-11,15,27H,4,12-13H2,1-3H3,(H,22,28). The molecular weight excluding hydrogens is 386 g/mol. The van der Waals surface area contributed by atoms with Gasteiger partial charge in [-0.15, -0.1) is 5.10 Å². The number of aromatic nitrogens is 4. The van der Waals surface area contributed by atoms with Crippen molar-refractivity contribution >= 4 is 6.09 Å². The summed E-state index contributed by atoms with van der Waals surface area (Å²) < 4.78 is 12.4. The van der Waals surface area contributed by atoms with Gasteiger partial charge in [0.05, 0.1) is 18.3 Å². The number of carbonyl (C=O) groups is 1. The maximum atomic E-state index is 12.2. The molecule has 0 aliphatic heterocycles. The SMILES string of the molecule is CCOCc1nnnn1-c1cc(OC(=O)NC(C)CO)cc(-c2ccc(C)cc2)c1. The number of rotatable bonds is 8. The molecule has 158 valence electrons. The molecule has 9 nitrogen and oxygen atoms in total. The van der Waals surface area contributed by atoms with Gasteiger partial charge in [0, 0.05) is 12.7 Å². The summed E-state index contributed by atoms with van der Waals surface area (Å²) in [7, 11) is 0. The molecule has 0 spiro atoms. The van der Waals surface area contributed by atoms with E-state index in [9.17, 15) is 4.79 Å². The molecule has 3 aromatic rings. The Bertz CT molecular complexity index is 987. The van der Waals surface area contributed by atoms with E-state index in [1.165, 1.54) is 0 Å². The van der Waals surface area contributed by atoms with Crippen molar-refractivity contribution in [2.75, 3.05) is 13.2 Å². The number of aliphatic hydroxyl groups is 1. The zero-order chi connectivity index (χ0) is 21.5. The first-order chi connectivity index (χ1) is 14.5. The second-order valence-electron chi connectivity index (χ2n) is 6.84. The third-order valence-corrected chi connectivity index (χ3v) is 4.34. The number of carbonyl (C=O) groups excluding carboxylic acids is 1. The monoisotopic (exact) mass is 411 g/mol. The van der Waals surface area contributed by atoms with Crippen LogP contribution in [0.15, 0.2) is 42.5 Å². The number of ether oxygens (including phenoxy) is 2. The summed E-state index contributed by atoms with van der Waals surface area (Å²) in [6.45, 7) is 6.19. The molecule has 1 heterocycles. The van der Waals surface area contributed by atoms with Crippen molar-refractivity contribution in [1.29, 1.82) is 0 Å². The third-order valence-electron chi connectivity index (χ3n) is 4.34. The highest BCUT2D eigenvalue weighted by molar-refractivity contribution is 5.74. The van der Waals surface area contributed by atoms with Gasteiger partial charge in [-0.3, -0.25) is 0 Å². The number of tetrazole rings is 1. The van der Waals surface area contributed by atoms with Crippen molar-refractivity contribution in [3.63, 3.8) is 0 Å². The first kappa shape index (κ1) is 21.4. The number of hydrogen-bond acceptors (Lipinski definition) is 7. The Kier molecular flexibility index (Phi) is 7.10. The minimum atomic E-state index is -0.658. The first-order valence-electron chi connectivity index (χ1n) is 9.67. The Morgan fingerprint density at radius 2 is 1.97 bits per heavy atom. The van der Waals surface area contributed by atoms with E-state index in [0.717, 1.165) is 16.7 Å². The van der Waals surface area contributed by atoms with Crippen LogP contribution < -0.4 is 10.1 Å². The lowest BCUT2D eigenvalue weighted by Gasteiger charge is -2.14. The molecule has 1 atom stereocenters. The highest BCUT2D eigenvalue weighted by Gasteiger charge is 2.14. The van der Waals surface area contributed by atoms with Gasteiger partial charge in [-0.25, -0.2) is 4.79 Å². The quantitative estimate of drug-likeness (QED) is 0.586. The molecule has 30 heavy (non-hydrogen) atoms. The first-order valence-corrected chi connectivity index (χ1v) is 9.67. The molecule has 0 bridgehead atoms. The van der Waals surface area contributed by atoms with Crippen molar-refractivity contribution in [3.05, 3.63) is 53.9 Å². The number of aliphatic hydroxyl groups excluding tert-OH is 1. The van der Waals surface area contributed by atoms with Gasteiger partial charge in [0.2, 0.25) is 0 Å². The second kappa shape index (κ2) is 9.95. The predicted molar refractivity (Wildman–Crippen MR) is 110 cm³/mol. The highest BCUT2D eigenvalue weighted by atomic mass is 16.6. The maximum Gasteiger partial charge on any atom is 0.412 e. The van der Waals surface area contributed by atoms with Crippen LogP contribution in [0.2, 0.25) is 0 Å². The largest absolute Gasteiger partial charge is 0.412 e. The average molecular weight is 411 g/mol. The molecule has 9 heteroatoms. The van der Waals surface area contributed by atoms with Crippen LogP contribution in [0.4, 0.5) is 4.79 Å². The number of nitrogens with one attached hydrogen (secondary N) is 1. The van der Waals surface area contributed by atoms with Crippen LogP contribution in [0.1, 0.15) is 25.2 Å². The molecule has 0 saturated carbocycles. The molecule has 0 aliphatic carbocycles. The Hall–Kier alpha value is -3.30. The Labute approximate surface area is 174 Å². The van der Waals surface area contributed by atoms with Crippen LogP contribution in [-0.4, -0.2) is 50.7 Å². The number of hydrogen-bond donors (Lipinski definition) is 2. The molecule has 1 unspecified atom stereocenters. The molecular formula is C21H25N5O4. The summed E-state index contributed by atoms with van der Waals surface area (Å²) in [5.41, 5.74) is 3.56. The zero-order valence-electron chi connectivity index (χ0n) is 17.2. The van der Waals surface area contributed by atoms with Gasteiger partial charge in [-0.05, 0) is 54.5 Å². The van der Waals surface area contributed by atoms with Crippen LogP contribution in [0.25, 0.3) is 16.8 Å². The van der Waals surface area contributed by atoms with Gasteiger partial charge in [-0.1, -0.05) is 29.8 Å². The van der Waals surface area contributed by atoms with Gasteiger partial charge in [-0.2, -0.15) is 4.68 Å². The van der Waals surface area contributed by atoms with Gasteiger partial charge >= 0.3 is 6.09 Å². The summed E-state index contributed by atoms with van der Waals surface area (Å²) in [6.07, 6.45) is -0.658. The molecule has 0 saturated heterocycles. The minimum Gasteiger partial charge on any atom is -0.410 e. The second-order valence-corrected chi connectivity index (χ2v) is 6.84. The molecule has 0 radical (unpaired) electrons. The van der Waals surface area contributed by atoms with Crippen molar-refractivity contribution in [2.24, 2.45) is 0 Å². The number of benzene rings is 2. The van der Waals surface area contributed by atoms with E-state index in [1.807, 2.05) is 44.2 Å². The lowest BCUT2D eigenvalue weighted by atomic mass is 10.0. The number of amides is 1. The Morgan fingerprint density at radius 3 is 2.67 bits per heavy atom. The van der Waals surface area contributed by atoms with Crippen molar-refractivity contribution in [2.45, 2.75) is 33.4 Å². The van der Waals surface area contributed by atoms with Gasteiger partial charge < -0.3 is 19.9 Å². The smallest absolute Gasteiger partial charge is 0.410 e. The van der Waals surface area contributed by atoms with E-state index in [2.05, 4.69) is 20.8 Å². The van der Waals surface area contributed by atoms with Crippen LogP contribution in [-0.2, 0) is 11.3 Å². The minimum absolute atomic E-state index is 0.185. The lowest BCUT2D eigenvalue weighted by Crippen LogP contribution is -2.37. The molecule has 2 N–H and O–H groups in total. The van der Waals surface area contributed by atoms with Crippen molar-refractivity contribution in [1.82, 2.24) is 25.5 Å². The topological polar surface area (TPSA) is 111 Å². The fraction of sp³-hybridized carbons (Fsp3) is 0.333. The zero-order valence-corrected chi connectivity index (χ0v) is 17.2. The summed E-state index contributed by atoms with van der Waals surface area (Å²) in [4.78, 5) is 12.2. The Morgan fingerprint density at radius 1 is 1.20 bits per heavy atom. The number of aryl methyl sites for hydroxylation is 1. The van der Waals surface area contributed by atoms with E-state index in [4.69, 9.17) is 14.6 Å². The van der Waals surface area contributed by atoms with Gasteiger partial charge in [0.1, 0.15) is 12.4 Å². The number of nitrogens with zero attached hydrogens (tertiary/aromatic N) is 4. The van der Waals surface area contributed by atoms with Gasteiger partial charge in [0.25, 0.3) is 0 Å². The summed E-state index contributed by atoms with van der Waals surface area (Å²) in [5.74, 6) is 0.853. The van der Waals surface area contributed by atoms with E-state index >= 15 is 0 Å². The molecule has 1 amide bonds. The molecule has 3 rings (SSSR count). The highest BCUT2D eigenvalue weighted by Crippen LogP contribution is 2.28. The summed E-state index contributed by atoms with van der Waals surface area (Å²) in [5, 5.41) is 23.5. The van der Waals surface area contributed by atoms with Crippen molar-refractivity contribution in [3.8, 4) is 22.6 Å². The van der Waals surface area contributed by atoms with Crippen LogP contribution >= 0.6 is 0 Å². The van der Waals surface area contributed by atoms with E-state index in [-0.39, 0.29) is 13.2 Å². The fourth-order valence-electron chi connectivity index (χ4n) is 2.75. The van der Waals surface area contributed by atoms with Crippen LogP contribution in [0.5, 0.6) is 5.75 Å². The third kappa shape index (κ3) is 5.40. The Balaban J connectivity index is 1.99. The average Bonchev–Trinajstić information content (AvgIpc) is 3.21. The van der Waals surface area contributed by atoms with Crippen LogP contribution in [0.3, 0.4) is 0 Å². The molecule has 2 aromatic carbocycles. The van der Waals surface area contributed by atoms with Crippen molar-refractivity contribution < 1.29 is 19.4 Å². The maximum absolute atomic E-state index is 12.2. The summed E-state index contributed by atoms with van der Waals surface area (Å²) in [6, 6.07) is 12.9. The van der Waals surface area contributed by atoms with E-state index < -0.39 is 12.1 Å². The van der Waals surface area contributed by atoms with E-state index in [0.29, 0.717) is 23.9 Å². The lowest BCUT2D eigenvalue weighted by molar-refractivity contribution is 0.126.